The smallest absolute Gasteiger partial charge is 0.379 e. The van der Waals surface area contributed by atoms with Crippen molar-refractivity contribution in [1.29, 1.82) is 0 Å². The number of halogens is 3. The van der Waals surface area contributed by atoms with E-state index in [1.165, 1.54) is 12.1 Å². The zero-order valence-corrected chi connectivity index (χ0v) is 10.3. The predicted molar refractivity (Wildman–Crippen MR) is 68.3 cm³/mol. The molecule has 2 nitrogen and oxygen atoms in total. The number of carbonyl (C=O) groups excluding carboxylic acids is 1. The largest absolute Gasteiger partial charge is 0.418 e. The van der Waals surface area contributed by atoms with Crippen molar-refractivity contribution in [2.45, 2.75) is 12.3 Å². The van der Waals surface area contributed by atoms with Crippen LogP contribution in [0.1, 0.15) is 22.0 Å². The minimum Gasteiger partial charge on any atom is -0.379 e. The number of carbonyl (C=O) groups is 1. The first kappa shape index (κ1) is 14.3. The minimum atomic E-state index is -4.79. The maximum absolute atomic E-state index is 12.7. The van der Waals surface area contributed by atoms with Crippen LogP contribution in [0.3, 0.4) is 0 Å². The zero-order chi connectivity index (χ0) is 14.8. The Labute approximate surface area is 113 Å². The fraction of sp³-hybridized carbons (Fsp3) is 0.133. The average Bonchev–Trinajstić information content (AvgIpc) is 2.45. The first-order chi connectivity index (χ1) is 9.43. The highest BCUT2D eigenvalue weighted by Crippen LogP contribution is 2.38. The predicted octanol–water partition coefficient (Wildman–Crippen LogP) is 3.76. The van der Waals surface area contributed by atoms with Gasteiger partial charge in [-0.25, -0.2) is 0 Å². The maximum atomic E-state index is 12.7. The molecule has 2 aromatic carbocycles. The van der Waals surface area contributed by atoms with Crippen molar-refractivity contribution >= 4 is 6.29 Å². The number of aliphatic hydroxyl groups is 1. The third-order valence-electron chi connectivity index (χ3n) is 2.90. The standard InChI is InChI=1S/C15H11F3O2/c16-15(17,18)14(20)13-8-10(9-19)6-7-12(13)11-4-2-1-3-5-11/h1-9,14,20H. The number of hydrogen-bond acceptors (Lipinski definition) is 2. The second-order valence-electron chi connectivity index (χ2n) is 4.27. The van der Waals surface area contributed by atoms with E-state index in [2.05, 4.69) is 0 Å². The first-order valence-electron chi connectivity index (χ1n) is 5.83. The molecule has 0 bridgehead atoms. The molecule has 0 saturated heterocycles. The van der Waals surface area contributed by atoms with Crippen molar-refractivity contribution < 1.29 is 23.1 Å². The summed E-state index contributed by atoms with van der Waals surface area (Å²) in [6.45, 7) is 0. The van der Waals surface area contributed by atoms with Crippen LogP contribution in [0.5, 0.6) is 0 Å². The molecular formula is C15H11F3O2. The molecule has 2 rings (SSSR count). The van der Waals surface area contributed by atoms with Crippen LogP contribution in [0.2, 0.25) is 0 Å². The van der Waals surface area contributed by atoms with Crippen molar-refractivity contribution in [1.82, 2.24) is 0 Å². The topological polar surface area (TPSA) is 37.3 Å². The summed E-state index contributed by atoms with van der Waals surface area (Å²) in [4.78, 5) is 10.7. The van der Waals surface area contributed by atoms with E-state index in [0.29, 0.717) is 11.8 Å². The molecule has 1 N–H and O–H groups in total. The molecule has 0 aromatic heterocycles. The highest BCUT2D eigenvalue weighted by molar-refractivity contribution is 5.79. The fourth-order valence-electron chi connectivity index (χ4n) is 1.94. The summed E-state index contributed by atoms with van der Waals surface area (Å²) in [7, 11) is 0. The number of alkyl halides is 3. The van der Waals surface area contributed by atoms with Crippen molar-refractivity contribution in [3.8, 4) is 11.1 Å². The van der Waals surface area contributed by atoms with E-state index >= 15 is 0 Å². The van der Waals surface area contributed by atoms with Crippen molar-refractivity contribution in [2.24, 2.45) is 0 Å². The normalized spacial score (nSPS) is 13.0. The lowest BCUT2D eigenvalue weighted by atomic mass is 9.94. The van der Waals surface area contributed by atoms with E-state index in [9.17, 15) is 23.1 Å². The molecule has 5 heteroatoms. The molecule has 104 valence electrons. The van der Waals surface area contributed by atoms with E-state index in [4.69, 9.17) is 0 Å². The van der Waals surface area contributed by atoms with Gasteiger partial charge in [0.25, 0.3) is 0 Å². The lowest BCUT2D eigenvalue weighted by Gasteiger charge is -2.19. The number of aldehydes is 1. The van der Waals surface area contributed by atoms with Crippen LogP contribution in [0.15, 0.2) is 48.5 Å². The van der Waals surface area contributed by atoms with Crippen molar-refractivity contribution in [3.05, 3.63) is 59.7 Å². The van der Waals surface area contributed by atoms with E-state index in [-0.39, 0.29) is 16.7 Å². The molecule has 0 spiro atoms. The Hall–Kier alpha value is -2.14. The summed E-state index contributed by atoms with van der Waals surface area (Å²) in [6, 6.07) is 12.3. The van der Waals surface area contributed by atoms with E-state index in [1.54, 1.807) is 30.3 Å². The highest BCUT2D eigenvalue weighted by Gasteiger charge is 2.40. The summed E-state index contributed by atoms with van der Waals surface area (Å²) in [5.74, 6) is 0. The number of rotatable bonds is 3. The van der Waals surface area contributed by atoms with Crippen LogP contribution in [0.4, 0.5) is 13.2 Å². The summed E-state index contributed by atoms with van der Waals surface area (Å²) >= 11 is 0. The molecule has 0 fully saturated rings. The third-order valence-corrected chi connectivity index (χ3v) is 2.90. The van der Waals surface area contributed by atoms with Crippen LogP contribution < -0.4 is 0 Å². The Morgan fingerprint density at radius 1 is 1.05 bits per heavy atom. The average molecular weight is 280 g/mol. The summed E-state index contributed by atoms with van der Waals surface area (Å²) in [5.41, 5.74) is 0.556. The van der Waals surface area contributed by atoms with Crippen molar-refractivity contribution in [3.63, 3.8) is 0 Å². The van der Waals surface area contributed by atoms with Gasteiger partial charge < -0.3 is 5.11 Å². The van der Waals surface area contributed by atoms with Gasteiger partial charge in [0, 0.05) is 5.56 Å². The van der Waals surface area contributed by atoms with Gasteiger partial charge >= 0.3 is 6.18 Å². The van der Waals surface area contributed by atoms with Gasteiger partial charge in [-0.05, 0) is 22.8 Å². The SMILES string of the molecule is O=Cc1ccc(-c2ccccc2)c(C(O)C(F)(F)F)c1. The Bertz CT molecular complexity index is 606. The molecule has 1 unspecified atom stereocenters. The second kappa shape index (κ2) is 5.46. The summed E-state index contributed by atoms with van der Waals surface area (Å²) in [5, 5.41) is 9.48. The maximum Gasteiger partial charge on any atom is 0.418 e. The molecule has 0 aliphatic heterocycles. The van der Waals surface area contributed by atoms with Crippen molar-refractivity contribution in [2.75, 3.05) is 0 Å². The Morgan fingerprint density at radius 3 is 2.25 bits per heavy atom. The van der Waals surface area contributed by atoms with Crippen LogP contribution in [-0.2, 0) is 0 Å². The van der Waals surface area contributed by atoms with Gasteiger partial charge in [-0.15, -0.1) is 0 Å². The first-order valence-corrected chi connectivity index (χ1v) is 5.83. The lowest BCUT2D eigenvalue weighted by Crippen LogP contribution is -2.21. The molecule has 1 atom stereocenters. The van der Waals surface area contributed by atoms with E-state index < -0.39 is 12.3 Å². The molecule has 0 aliphatic rings. The summed E-state index contributed by atoms with van der Waals surface area (Å²) in [6.07, 6.45) is -6.97. The molecule has 0 radical (unpaired) electrons. The van der Waals surface area contributed by atoms with Crippen LogP contribution in [0, 0.1) is 0 Å². The Morgan fingerprint density at radius 2 is 1.70 bits per heavy atom. The number of benzene rings is 2. The minimum absolute atomic E-state index is 0.0861. The van der Waals surface area contributed by atoms with Gasteiger partial charge in [-0.2, -0.15) is 13.2 Å². The van der Waals surface area contributed by atoms with Gasteiger partial charge in [-0.1, -0.05) is 42.5 Å². The third kappa shape index (κ3) is 2.88. The van der Waals surface area contributed by atoms with E-state index in [0.717, 1.165) is 6.07 Å². The molecule has 0 saturated carbocycles. The monoisotopic (exact) mass is 280 g/mol. The summed E-state index contributed by atoms with van der Waals surface area (Å²) < 4.78 is 38.2. The van der Waals surface area contributed by atoms with Gasteiger partial charge in [-0.3, -0.25) is 4.79 Å². The quantitative estimate of drug-likeness (QED) is 0.869. The Kier molecular flexibility index (Phi) is 3.90. The molecule has 20 heavy (non-hydrogen) atoms. The van der Waals surface area contributed by atoms with Gasteiger partial charge in [0.2, 0.25) is 0 Å². The lowest BCUT2D eigenvalue weighted by molar-refractivity contribution is -0.206. The molecule has 0 aliphatic carbocycles. The molecule has 0 heterocycles. The highest BCUT2D eigenvalue weighted by atomic mass is 19.4. The van der Waals surface area contributed by atoms with Gasteiger partial charge in [0.05, 0.1) is 0 Å². The van der Waals surface area contributed by atoms with Crippen LogP contribution in [0.25, 0.3) is 11.1 Å². The molecule has 2 aromatic rings. The van der Waals surface area contributed by atoms with Crippen LogP contribution in [-0.4, -0.2) is 17.6 Å². The fourth-order valence-corrected chi connectivity index (χ4v) is 1.94. The van der Waals surface area contributed by atoms with Gasteiger partial charge in [0.15, 0.2) is 6.10 Å². The van der Waals surface area contributed by atoms with Gasteiger partial charge in [0.1, 0.15) is 6.29 Å². The number of hydrogen-bond donors (Lipinski definition) is 1. The second-order valence-corrected chi connectivity index (χ2v) is 4.27. The molecule has 0 amide bonds. The molecular weight excluding hydrogens is 269 g/mol. The van der Waals surface area contributed by atoms with E-state index in [1.807, 2.05) is 0 Å². The number of aliphatic hydroxyl groups excluding tert-OH is 1. The Balaban J connectivity index is 2.60. The zero-order valence-electron chi connectivity index (χ0n) is 10.3. The van der Waals surface area contributed by atoms with Crippen LogP contribution >= 0.6 is 0 Å².